The van der Waals surface area contributed by atoms with E-state index >= 15 is 0 Å². The van der Waals surface area contributed by atoms with Gasteiger partial charge < -0.3 is 19.3 Å². The van der Waals surface area contributed by atoms with Crippen LogP contribution < -0.4 is 0 Å². The van der Waals surface area contributed by atoms with Gasteiger partial charge in [0.1, 0.15) is 12.7 Å². The first kappa shape index (κ1) is 11.0. The van der Waals surface area contributed by atoms with Gasteiger partial charge in [-0.15, -0.1) is 0 Å². The topological polar surface area (TPSA) is 88.7 Å². The van der Waals surface area contributed by atoms with Crippen molar-refractivity contribution in [3.63, 3.8) is 0 Å². The summed E-state index contributed by atoms with van der Waals surface area (Å²) in [6.45, 7) is 0.852. The van der Waals surface area contributed by atoms with Gasteiger partial charge in [-0.05, 0) is 12.8 Å². The van der Waals surface area contributed by atoms with Crippen LogP contribution in [0.15, 0.2) is 0 Å². The van der Waals surface area contributed by atoms with Crippen LogP contribution >= 0.6 is 0 Å². The van der Waals surface area contributed by atoms with Crippen LogP contribution in [0.1, 0.15) is 12.8 Å². The molecule has 0 aromatic carbocycles. The van der Waals surface area contributed by atoms with Crippen LogP contribution in [0.4, 0.5) is 0 Å². The SMILES string of the molecule is O=C(OCC1CO1)C1CCC2OC2C1C(=O)O. The number of carboxylic acids is 1. The Labute approximate surface area is 97.8 Å². The predicted octanol–water partition coefficient (Wildman–Crippen LogP) is -0.193. The molecule has 0 aromatic heterocycles. The molecule has 94 valence electrons. The van der Waals surface area contributed by atoms with E-state index in [1.807, 2.05) is 0 Å². The van der Waals surface area contributed by atoms with Crippen molar-refractivity contribution in [3.05, 3.63) is 0 Å². The molecule has 0 aromatic rings. The normalized spacial score (nSPS) is 42.5. The van der Waals surface area contributed by atoms with Crippen molar-refractivity contribution < 1.29 is 28.9 Å². The van der Waals surface area contributed by atoms with E-state index in [9.17, 15) is 9.59 Å². The highest BCUT2D eigenvalue weighted by molar-refractivity contribution is 5.82. The maximum Gasteiger partial charge on any atom is 0.310 e. The van der Waals surface area contributed by atoms with E-state index in [1.54, 1.807) is 0 Å². The average Bonchev–Trinajstić information content (AvgIpc) is 3.15. The van der Waals surface area contributed by atoms with Crippen molar-refractivity contribution in [2.45, 2.75) is 31.2 Å². The van der Waals surface area contributed by atoms with Crippen LogP contribution in [-0.4, -0.2) is 48.6 Å². The summed E-state index contributed by atoms with van der Waals surface area (Å²) >= 11 is 0. The van der Waals surface area contributed by atoms with Crippen LogP contribution in [0.25, 0.3) is 0 Å². The first-order valence-corrected chi connectivity index (χ1v) is 5.83. The molecule has 0 spiro atoms. The minimum atomic E-state index is -0.971. The van der Waals surface area contributed by atoms with Crippen molar-refractivity contribution in [1.29, 1.82) is 0 Å². The predicted molar refractivity (Wildman–Crippen MR) is 53.2 cm³/mol. The second kappa shape index (κ2) is 3.96. The van der Waals surface area contributed by atoms with E-state index in [4.69, 9.17) is 19.3 Å². The standard InChI is InChI=1S/C11H14O6/c12-10(13)8-6(1-2-7-9(8)17-7)11(14)16-4-5-3-15-5/h5-9H,1-4H2,(H,12,13). The zero-order valence-corrected chi connectivity index (χ0v) is 9.20. The number of carboxylic acid groups (broad SMARTS) is 1. The lowest BCUT2D eigenvalue weighted by atomic mass is 9.79. The number of esters is 1. The molecule has 1 N–H and O–H groups in total. The van der Waals surface area contributed by atoms with E-state index in [2.05, 4.69) is 0 Å². The summed E-state index contributed by atoms with van der Waals surface area (Å²) < 4.78 is 15.3. The molecule has 2 saturated heterocycles. The molecule has 1 saturated carbocycles. The summed E-state index contributed by atoms with van der Waals surface area (Å²) in [5.74, 6) is -2.72. The summed E-state index contributed by atoms with van der Waals surface area (Å²) in [5, 5.41) is 9.13. The molecule has 3 fully saturated rings. The zero-order chi connectivity index (χ0) is 12.0. The van der Waals surface area contributed by atoms with E-state index in [1.165, 1.54) is 0 Å². The maximum absolute atomic E-state index is 11.8. The van der Waals surface area contributed by atoms with Crippen molar-refractivity contribution in [2.24, 2.45) is 11.8 Å². The Balaban J connectivity index is 1.62. The molecule has 2 aliphatic heterocycles. The summed E-state index contributed by atoms with van der Waals surface area (Å²) in [6, 6.07) is 0. The van der Waals surface area contributed by atoms with E-state index in [-0.39, 0.29) is 24.9 Å². The summed E-state index contributed by atoms with van der Waals surface area (Å²) in [7, 11) is 0. The van der Waals surface area contributed by atoms with Gasteiger partial charge in [0.15, 0.2) is 0 Å². The molecular formula is C11H14O6. The second-order valence-corrected chi connectivity index (χ2v) is 4.77. The van der Waals surface area contributed by atoms with Crippen molar-refractivity contribution in [1.82, 2.24) is 0 Å². The molecule has 6 heteroatoms. The van der Waals surface area contributed by atoms with Crippen LogP contribution in [0, 0.1) is 11.8 Å². The number of epoxide rings is 2. The third-order valence-electron chi connectivity index (χ3n) is 3.57. The Bertz CT molecular complexity index is 350. The number of carbonyl (C=O) groups is 2. The fourth-order valence-corrected chi connectivity index (χ4v) is 2.48. The minimum absolute atomic E-state index is 0.00995. The van der Waals surface area contributed by atoms with Crippen LogP contribution in [0.3, 0.4) is 0 Å². The fraction of sp³-hybridized carbons (Fsp3) is 0.818. The third-order valence-corrected chi connectivity index (χ3v) is 3.57. The van der Waals surface area contributed by atoms with E-state index in [0.29, 0.717) is 13.0 Å². The quantitative estimate of drug-likeness (QED) is 0.542. The molecule has 3 rings (SSSR count). The second-order valence-electron chi connectivity index (χ2n) is 4.77. The van der Waals surface area contributed by atoms with Crippen LogP contribution in [0.5, 0.6) is 0 Å². The monoisotopic (exact) mass is 242 g/mol. The smallest absolute Gasteiger partial charge is 0.310 e. The molecule has 17 heavy (non-hydrogen) atoms. The molecule has 0 radical (unpaired) electrons. The lowest BCUT2D eigenvalue weighted by Gasteiger charge is -2.23. The molecule has 0 amide bonds. The van der Waals surface area contributed by atoms with Gasteiger partial charge in [-0.25, -0.2) is 0 Å². The number of aliphatic carboxylic acids is 1. The lowest BCUT2D eigenvalue weighted by Crippen LogP contribution is -2.38. The maximum atomic E-state index is 11.8. The first-order valence-electron chi connectivity index (χ1n) is 5.83. The molecular weight excluding hydrogens is 228 g/mol. The number of rotatable bonds is 4. The highest BCUT2D eigenvalue weighted by Gasteiger charge is 2.57. The number of hydrogen-bond acceptors (Lipinski definition) is 5. The van der Waals surface area contributed by atoms with Crippen molar-refractivity contribution in [3.8, 4) is 0 Å². The molecule has 5 unspecified atom stereocenters. The van der Waals surface area contributed by atoms with Gasteiger partial charge >= 0.3 is 11.9 Å². The van der Waals surface area contributed by atoms with Crippen molar-refractivity contribution >= 4 is 11.9 Å². The Kier molecular flexibility index (Phi) is 2.56. The Morgan fingerprint density at radius 3 is 2.76 bits per heavy atom. The average molecular weight is 242 g/mol. The van der Waals surface area contributed by atoms with Gasteiger partial charge in [0.2, 0.25) is 0 Å². The number of hydrogen-bond donors (Lipinski definition) is 1. The Hall–Kier alpha value is -1.14. The van der Waals surface area contributed by atoms with Crippen molar-refractivity contribution in [2.75, 3.05) is 13.2 Å². The summed E-state index contributed by atoms with van der Waals surface area (Å²) in [6.07, 6.45) is 1.02. The Morgan fingerprint density at radius 2 is 2.12 bits per heavy atom. The molecule has 3 aliphatic rings. The minimum Gasteiger partial charge on any atom is -0.481 e. The van der Waals surface area contributed by atoms with Gasteiger partial charge in [0, 0.05) is 0 Å². The van der Waals surface area contributed by atoms with Gasteiger partial charge in [-0.3, -0.25) is 9.59 Å². The third kappa shape index (κ3) is 2.14. The van der Waals surface area contributed by atoms with Gasteiger partial charge in [-0.2, -0.15) is 0 Å². The molecule has 5 atom stereocenters. The largest absolute Gasteiger partial charge is 0.481 e. The Morgan fingerprint density at radius 1 is 1.35 bits per heavy atom. The molecule has 0 bridgehead atoms. The lowest BCUT2D eigenvalue weighted by molar-refractivity contribution is -0.159. The molecule has 1 aliphatic carbocycles. The van der Waals surface area contributed by atoms with E-state index in [0.717, 1.165) is 6.42 Å². The molecule has 2 heterocycles. The summed E-state index contributed by atoms with van der Waals surface area (Å²) in [5.41, 5.74) is 0. The van der Waals surface area contributed by atoms with Gasteiger partial charge in [0.25, 0.3) is 0 Å². The van der Waals surface area contributed by atoms with Gasteiger partial charge in [-0.1, -0.05) is 0 Å². The number of ether oxygens (including phenoxy) is 3. The zero-order valence-electron chi connectivity index (χ0n) is 9.20. The first-order chi connectivity index (χ1) is 8.16. The summed E-state index contributed by atoms with van der Waals surface area (Å²) in [4.78, 5) is 23.0. The van der Waals surface area contributed by atoms with Crippen LogP contribution in [-0.2, 0) is 23.8 Å². The van der Waals surface area contributed by atoms with Gasteiger partial charge in [0.05, 0.1) is 30.7 Å². The number of fused-ring (bicyclic) bond motifs is 1. The van der Waals surface area contributed by atoms with E-state index < -0.39 is 23.8 Å². The fourth-order valence-electron chi connectivity index (χ4n) is 2.48. The highest BCUT2D eigenvalue weighted by atomic mass is 16.6. The van der Waals surface area contributed by atoms with Crippen LogP contribution in [0.2, 0.25) is 0 Å². The molecule has 6 nitrogen and oxygen atoms in total. The number of carbonyl (C=O) groups excluding carboxylic acids is 1. The highest BCUT2D eigenvalue weighted by Crippen LogP contribution is 2.44.